The summed E-state index contributed by atoms with van der Waals surface area (Å²) in [5.74, 6) is -0.334. The van der Waals surface area contributed by atoms with Crippen LogP contribution in [0.3, 0.4) is 0 Å². The molecule has 0 aliphatic heterocycles. The second-order valence-electron chi connectivity index (χ2n) is 2.24. The van der Waals surface area contributed by atoms with Gasteiger partial charge in [-0.2, -0.15) is 4.98 Å². The first-order chi connectivity index (χ1) is 6.07. The largest absolute Gasteiger partial charge is 0.476 e. The van der Waals surface area contributed by atoms with Gasteiger partial charge >= 0.3 is 5.69 Å². The van der Waals surface area contributed by atoms with Crippen LogP contribution in [0.25, 0.3) is 0 Å². The van der Waals surface area contributed by atoms with Crippen LogP contribution in [0.4, 0.5) is 11.5 Å². The van der Waals surface area contributed by atoms with Gasteiger partial charge in [-0.15, -0.1) is 4.73 Å². The zero-order valence-corrected chi connectivity index (χ0v) is 7.02. The van der Waals surface area contributed by atoms with E-state index in [9.17, 15) is 4.79 Å². The standard InChI is InChI=1S/C6H10N4O3/c1-2-13-5-3(7)4(8)10(12)6(11)9-5/h12H,2,7-8H2,1H3. The molecule has 1 aromatic heterocycles. The van der Waals surface area contributed by atoms with E-state index in [1.54, 1.807) is 6.92 Å². The zero-order valence-electron chi connectivity index (χ0n) is 7.02. The fourth-order valence-electron chi connectivity index (χ4n) is 0.768. The van der Waals surface area contributed by atoms with Crippen LogP contribution >= 0.6 is 0 Å². The molecule has 0 aliphatic carbocycles. The van der Waals surface area contributed by atoms with Gasteiger partial charge in [0.15, 0.2) is 5.82 Å². The SMILES string of the molecule is CCOc1nc(=O)n(O)c(N)c1N. The number of rotatable bonds is 2. The lowest BCUT2D eigenvalue weighted by atomic mass is 10.5. The Labute approximate surface area is 73.5 Å². The molecule has 0 unspecified atom stereocenters. The molecule has 7 heteroatoms. The summed E-state index contributed by atoms with van der Waals surface area (Å²) in [4.78, 5) is 14.2. The summed E-state index contributed by atoms with van der Waals surface area (Å²) in [6.07, 6.45) is 0. The Kier molecular flexibility index (Phi) is 2.27. The summed E-state index contributed by atoms with van der Waals surface area (Å²) >= 11 is 0. The summed E-state index contributed by atoms with van der Waals surface area (Å²) in [6.45, 7) is 2.02. The number of aromatic nitrogens is 2. The van der Waals surface area contributed by atoms with E-state index in [1.165, 1.54) is 0 Å². The van der Waals surface area contributed by atoms with Crippen LogP contribution in [-0.4, -0.2) is 21.5 Å². The number of anilines is 2. The average molecular weight is 186 g/mol. The Bertz CT molecular complexity index is 373. The molecule has 0 spiro atoms. The van der Waals surface area contributed by atoms with Crippen molar-refractivity contribution in [3.8, 4) is 5.88 Å². The second kappa shape index (κ2) is 3.21. The van der Waals surface area contributed by atoms with Crippen LogP contribution in [0, 0.1) is 0 Å². The molecule has 0 saturated carbocycles. The Hall–Kier alpha value is -1.92. The van der Waals surface area contributed by atoms with Gasteiger partial charge in [-0.1, -0.05) is 0 Å². The maximum atomic E-state index is 10.9. The predicted octanol–water partition coefficient (Wildman–Crippen LogP) is -0.956. The highest BCUT2D eigenvalue weighted by molar-refractivity contribution is 5.64. The lowest BCUT2D eigenvalue weighted by molar-refractivity contribution is 0.174. The van der Waals surface area contributed by atoms with E-state index in [1.807, 2.05) is 0 Å². The van der Waals surface area contributed by atoms with Crippen molar-refractivity contribution in [2.75, 3.05) is 18.1 Å². The Morgan fingerprint density at radius 1 is 1.62 bits per heavy atom. The lowest BCUT2D eigenvalue weighted by Gasteiger charge is -2.08. The Morgan fingerprint density at radius 3 is 2.77 bits per heavy atom. The highest BCUT2D eigenvalue weighted by atomic mass is 16.5. The molecule has 72 valence electrons. The van der Waals surface area contributed by atoms with Crippen molar-refractivity contribution in [1.82, 2.24) is 9.71 Å². The number of hydrogen-bond donors (Lipinski definition) is 3. The van der Waals surface area contributed by atoms with Gasteiger partial charge in [-0.25, -0.2) is 4.79 Å². The van der Waals surface area contributed by atoms with Gasteiger partial charge in [0.1, 0.15) is 5.69 Å². The molecule has 1 rings (SSSR count). The molecule has 0 fully saturated rings. The van der Waals surface area contributed by atoms with Gasteiger partial charge < -0.3 is 21.4 Å². The smallest absolute Gasteiger partial charge is 0.385 e. The molecule has 1 aromatic rings. The molecule has 0 aromatic carbocycles. The summed E-state index contributed by atoms with van der Waals surface area (Å²) in [7, 11) is 0. The quantitative estimate of drug-likeness (QED) is 0.512. The van der Waals surface area contributed by atoms with E-state index in [2.05, 4.69) is 4.98 Å². The van der Waals surface area contributed by atoms with Gasteiger partial charge in [-0.05, 0) is 6.92 Å². The van der Waals surface area contributed by atoms with Crippen LogP contribution in [0.15, 0.2) is 4.79 Å². The minimum absolute atomic E-state index is 0.0519. The molecule has 13 heavy (non-hydrogen) atoms. The molecule has 5 N–H and O–H groups in total. The van der Waals surface area contributed by atoms with Crippen molar-refractivity contribution in [1.29, 1.82) is 0 Å². The topological polar surface area (TPSA) is 116 Å². The second-order valence-corrected chi connectivity index (χ2v) is 2.24. The maximum absolute atomic E-state index is 10.9. The van der Waals surface area contributed by atoms with Crippen LogP contribution in [0.1, 0.15) is 6.92 Å². The van der Waals surface area contributed by atoms with Crippen LogP contribution in [-0.2, 0) is 0 Å². The first-order valence-electron chi connectivity index (χ1n) is 3.58. The predicted molar refractivity (Wildman–Crippen MR) is 45.7 cm³/mol. The Morgan fingerprint density at radius 2 is 2.23 bits per heavy atom. The number of ether oxygens (including phenoxy) is 1. The number of nitrogens with zero attached hydrogens (tertiary/aromatic N) is 2. The number of nitrogens with two attached hydrogens (primary N) is 2. The monoisotopic (exact) mass is 186 g/mol. The van der Waals surface area contributed by atoms with Crippen LogP contribution in [0.5, 0.6) is 5.88 Å². The van der Waals surface area contributed by atoms with Crippen molar-refractivity contribution >= 4 is 11.5 Å². The molecule has 0 bridgehead atoms. The Balaban J connectivity index is 3.32. The highest BCUT2D eigenvalue weighted by Crippen LogP contribution is 2.21. The lowest BCUT2D eigenvalue weighted by Crippen LogP contribution is -2.25. The minimum Gasteiger partial charge on any atom is -0.476 e. The van der Waals surface area contributed by atoms with Crippen LogP contribution in [0.2, 0.25) is 0 Å². The average Bonchev–Trinajstić information content (AvgIpc) is 2.11. The van der Waals surface area contributed by atoms with Crippen molar-refractivity contribution in [2.45, 2.75) is 6.92 Å². The summed E-state index contributed by atoms with van der Waals surface area (Å²) in [5.41, 5.74) is 9.71. The van der Waals surface area contributed by atoms with Gasteiger partial charge in [0, 0.05) is 0 Å². The van der Waals surface area contributed by atoms with Crippen LogP contribution < -0.4 is 21.9 Å². The number of nitrogen functional groups attached to an aromatic ring is 2. The van der Waals surface area contributed by atoms with E-state index in [-0.39, 0.29) is 22.1 Å². The third-order valence-electron chi connectivity index (χ3n) is 1.39. The molecule has 0 amide bonds. The van der Waals surface area contributed by atoms with Crippen molar-refractivity contribution in [2.24, 2.45) is 0 Å². The van der Waals surface area contributed by atoms with Crippen molar-refractivity contribution in [3.05, 3.63) is 10.5 Å². The van der Waals surface area contributed by atoms with Crippen molar-refractivity contribution < 1.29 is 9.94 Å². The molecule has 0 saturated heterocycles. The molecule has 0 aliphatic rings. The molecule has 0 radical (unpaired) electrons. The third kappa shape index (κ3) is 1.48. The number of hydrogen-bond acceptors (Lipinski definition) is 6. The van der Waals surface area contributed by atoms with E-state index >= 15 is 0 Å². The molecule has 0 atom stereocenters. The van der Waals surface area contributed by atoms with Gasteiger partial charge in [0.2, 0.25) is 5.88 Å². The highest BCUT2D eigenvalue weighted by Gasteiger charge is 2.11. The molecule has 7 nitrogen and oxygen atoms in total. The fourth-order valence-corrected chi connectivity index (χ4v) is 0.768. The van der Waals surface area contributed by atoms with E-state index in [4.69, 9.17) is 21.4 Å². The molecular weight excluding hydrogens is 176 g/mol. The molecule has 1 heterocycles. The van der Waals surface area contributed by atoms with E-state index in [0.717, 1.165) is 0 Å². The van der Waals surface area contributed by atoms with Gasteiger partial charge in [0.05, 0.1) is 6.61 Å². The fraction of sp³-hybridized carbons (Fsp3) is 0.333. The zero-order chi connectivity index (χ0) is 10.0. The summed E-state index contributed by atoms with van der Waals surface area (Å²) in [6, 6.07) is 0. The van der Waals surface area contributed by atoms with Gasteiger partial charge in [-0.3, -0.25) is 0 Å². The minimum atomic E-state index is -0.921. The third-order valence-corrected chi connectivity index (χ3v) is 1.39. The van der Waals surface area contributed by atoms with E-state index in [0.29, 0.717) is 6.61 Å². The van der Waals surface area contributed by atoms with Gasteiger partial charge in [0.25, 0.3) is 0 Å². The van der Waals surface area contributed by atoms with E-state index < -0.39 is 5.69 Å². The normalized spacial score (nSPS) is 9.92. The summed E-state index contributed by atoms with van der Waals surface area (Å²) in [5, 5.41) is 8.96. The first kappa shape index (κ1) is 9.17. The van der Waals surface area contributed by atoms with Crippen molar-refractivity contribution in [3.63, 3.8) is 0 Å². The molecular formula is C6H10N4O3. The summed E-state index contributed by atoms with van der Waals surface area (Å²) < 4.78 is 5.08. The maximum Gasteiger partial charge on any atom is 0.385 e. The first-order valence-corrected chi connectivity index (χ1v) is 3.58.